The molecule has 1 N–H and O–H groups in total. The van der Waals surface area contributed by atoms with Gasteiger partial charge in [0.25, 0.3) is 5.76 Å². The number of ether oxygens (including phenoxy) is 1. The highest BCUT2D eigenvalue weighted by atomic mass is 16.5. The Morgan fingerprint density at radius 2 is 2.35 bits per heavy atom. The topological polar surface area (TPSA) is 66.8 Å². The molecule has 0 aromatic rings. The summed E-state index contributed by atoms with van der Waals surface area (Å²) in [6.07, 6.45) is 9.25. The Bertz CT molecular complexity index is 434. The van der Waals surface area contributed by atoms with Gasteiger partial charge in [-0.15, -0.1) is 0 Å². The maximum atomic E-state index is 11.5. The predicted molar refractivity (Wildman–Crippen MR) is 58.5 cm³/mol. The Morgan fingerprint density at radius 3 is 2.88 bits per heavy atom. The van der Waals surface area contributed by atoms with Gasteiger partial charge in [0.05, 0.1) is 18.2 Å². The van der Waals surface area contributed by atoms with E-state index in [4.69, 9.17) is 9.84 Å². The Morgan fingerprint density at radius 1 is 1.53 bits per heavy atom. The fraction of sp³-hybridized carbons (Fsp3) is 0.333. The first-order chi connectivity index (χ1) is 8.16. The zero-order valence-electron chi connectivity index (χ0n) is 9.18. The Hall–Kier alpha value is -2.13. The summed E-state index contributed by atoms with van der Waals surface area (Å²) < 4.78 is 4.95. The van der Waals surface area contributed by atoms with Crippen LogP contribution in [0.5, 0.6) is 0 Å². The molecular formula is C12H12NO4+. The van der Waals surface area contributed by atoms with Crippen molar-refractivity contribution in [1.82, 2.24) is 4.90 Å². The van der Waals surface area contributed by atoms with Gasteiger partial charge < -0.3 is 9.84 Å². The van der Waals surface area contributed by atoms with Gasteiger partial charge in [-0.05, 0) is 6.42 Å². The molecule has 0 spiro atoms. The summed E-state index contributed by atoms with van der Waals surface area (Å²) in [5.41, 5.74) is 0.773. The fourth-order valence-electron chi connectivity index (χ4n) is 1.72. The highest BCUT2D eigenvalue weighted by molar-refractivity contribution is 5.80. The van der Waals surface area contributed by atoms with Crippen molar-refractivity contribution < 1.29 is 19.4 Å². The van der Waals surface area contributed by atoms with Crippen LogP contribution in [0.15, 0.2) is 29.7 Å². The summed E-state index contributed by atoms with van der Waals surface area (Å²) in [6.45, 7) is 0.334. The summed E-state index contributed by atoms with van der Waals surface area (Å²) in [5, 5.41) is 8.44. The number of nitrogens with zero attached hydrogens (tertiary/aromatic N) is 1. The lowest BCUT2D eigenvalue weighted by atomic mass is 10.2. The third-order valence-corrected chi connectivity index (χ3v) is 2.50. The molecule has 0 aromatic heterocycles. The van der Waals surface area contributed by atoms with Gasteiger partial charge in [-0.25, -0.2) is 4.79 Å². The molecular weight excluding hydrogens is 222 g/mol. The van der Waals surface area contributed by atoms with Crippen molar-refractivity contribution in [3.63, 3.8) is 0 Å². The van der Waals surface area contributed by atoms with Gasteiger partial charge in [0.2, 0.25) is 5.91 Å². The minimum Gasteiger partial charge on any atom is -0.479 e. The number of hydrogen-bond acceptors (Lipinski definition) is 3. The number of amides is 1. The number of carbonyl (C=O) groups excluding carboxylic acids is 1. The van der Waals surface area contributed by atoms with E-state index in [9.17, 15) is 9.59 Å². The van der Waals surface area contributed by atoms with Crippen LogP contribution in [0.25, 0.3) is 0 Å². The lowest BCUT2D eigenvalue weighted by molar-refractivity contribution is -0.140. The maximum absolute atomic E-state index is 11.5. The number of aliphatic carboxylic acids is 1. The van der Waals surface area contributed by atoms with Crippen LogP contribution in [-0.4, -0.2) is 35.0 Å². The van der Waals surface area contributed by atoms with Crippen LogP contribution < -0.4 is 0 Å². The lowest BCUT2D eigenvalue weighted by Crippen LogP contribution is -2.23. The molecule has 1 heterocycles. The first kappa shape index (κ1) is 11.4. The van der Waals surface area contributed by atoms with Gasteiger partial charge in [0, 0.05) is 13.0 Å². The number of likely N-dealkylation sites (tertiary alicyclic amines) is 1. The van der Waals surface area contributed by atoms with E-state index in [0.29, 0.717) is 12.2 Å². The molecule has 1 saturated heterocycles. The van der Waals surface area contributed by atoms with Crippen LogP contribution in [0.3, 0.4) is 0 Å². The third kappa shape index (κ3) is 2.71. The van der Waals surface area contributed by atoms with E-state index >= 15 is 0 Å². The van der Waals surface area contributed by atoms with E-state index in [0.717, 1.165) is 18.7 Å². The highest BCUT2D eigenvalue weighted by Crippen LogP contribution is 2.20. The first-order valence-corrected chi connectivity index (χ1v) is 5.33. The fourth-order valence-corrected chi connectivity index (χ4v) is 1.72. The Labute approximate surface area is 98.7 Å². The van der Waals surface area contributed by atoms with Crippen LogP contribution in [0, 0.1) is 6.08 Å². The zero-order chi connectivity index (χ0) is 12.3. The van der Waals surface area contributed by atoms with E-state index in [2.05, 4.69) is 6.08 Å². The average Bonchev–Trinajstić information content (AvgIpc) is 2.73. The van der Waals surface area contributed by atoms with E-state index < -0.39 is 12.6 Å². The summed E-state index contributed by atoms with van der Waals surface area (Å²) in [7, 11) is 0. The Kier molecular flexibility index (Phi) is 3.21. The lowest BCUT2D eigenvalue weighted by Gasteiger charge is -2.11. The molecule has 1 fully saturated rings. The minimum absolute atomic E-state index is 0.109. The summed E-state index contributed by atoms with van der Waals surface area (Å²) in [4.78, 5) is 23.5. The zero-order valence-corrected chi connectivity index (χ0v) is 9.18. The van der Waals surface area contributed by atoms with Crippen molar-refractivity contribution >= 4 is 11.9 Å². The third-order valence-electron chi connectivity index (χ3n) is 2.50. The standard InChI is InChI=1S/C12H11NO4/c14-11-2-1-7-13(11)9-3-5-10(6-4-9)17-8-12(15)16/h3-5H,1-2,7-8H2/p+1. The second-order valence-electron chi connectivity index (χ2n) is 3.74. The minimum atomic E-state index is -1.03. The number of allylic oxidation sites excluding steroid dienone is 4. The molecule has 88 valence electrons. The first-order valence-electron chi connectivity index (χ1n) is 5.33. The van der Waals surface area contributed by atoms with E-state index in [1.165, 1.54) is 0 Å². The monoisotopic (exact) mass is 234 g/mol. The average molecular weight is 234 g/mol. The van der Waals surface area contributed by atoms with Crippen molar-refractivity contribution in [3.05, 3.63) is 35.8 Å². The molecule has 17 heavy (non-hydrogen) atoms. The summed E-state index contributed by atoms with van der Waals surface area (Å²) >= 11 is 0. The van der Waals surface area contributed by atoms with Gasteiger partial charge in [0.1, 0.15) is 6.08 Å². The van der Waals surface area contributed by atoms with Crippen molar-refractivity contribution in [2.45, 2.75) is 12.8 Å². The van der Waals surface area contributed by atoms with Gasteiger partial charge >= 0.3 is 5.97 Å². The number of rotatable bonds is 4. The second kappa shape index (κ2) is 4.80. The normalized spacial score (nSPS) is 18.6. The van der Waals surface area contributed by atoms with Crippen molar-refractivity contribution in [3.8, 4) is 0 Å². The summed E-state index contributed by atoms with van der Waals surface area (Å²) in [5.74, 6) is -0.558. The Balaban J connectivity index is 1.99. The van der Waals surface area contributed by atoms with E-state index in [-0.39, 0.29) is 5.91 Å². The smallest absolute Gasteiger partial charge is 0.341 e. The molecule has 1 aliphatic heterocycles. The predicted octanol–water partition coefficient (Wildman–Crippen LogP) is 0.851. The van der Waals surface area contributed by atoms with Crippen molar-refractivity contribution in [1.29, 1.82) is 0 Å². The van der Waals surface area contributed by atoms with Gasteiger partial charge in [-0.1, -0.05) is 0 Å². The molecule has 0 unspecified atom stereocenters. The maximum Gasteiger partial charge on any atom is 0.341 e. The molecule has 1 aliphatic carbocycles. The van der Waals surface area contributed by atoms with Crippen LogP contribution >= 0.6 is 0 Å². The number of carboxylic acids is 1. The highest BCUT2D eigenvalue weighted by Gasteiger charge is 2.27. The van der Waals surface area contributed by atoms with Crippen LogP contribution in [0.1, 0.15) is 12.8 Å². The number of carboxylic acid groups (broad SMARTS) is 1. The van der Waals surface area contributed by atoms with Crippen LogP contribution in [0.2, 0.25) is 0 Å². The molecule has 0 bridgehead atoms. The van der Waals surface area contributed by atoms with Gasteiger partial charge in [0.15, 0.2) is 12.3 Å². The van der Waals surface area contributed by atoms with Crippen LogP contribution in [-0.2, 0) is 14.3 Å². The summed E-state index contributed by atoms with van der Waals surface area (Å²) in [6, 6.07) is 0. The molecule has 2 aliphatic rings. The van der Waals surface area contributed by atoms with Gasteiger partial charge in [-0.2, -0.15) is 0 Å². The molecule has 5 nitrogen and oxygen atoms in total. The van der Waals surface area contributed by atoms with Crippen molar-refractivity contribution in [2.24, 2.45) is 0 Å². The molecule has 0 saturated carbocycles. The molecule has 0 aromatic carbocycles. The molecule has 0 radical (unpaired) electrons. The SMILES string of the molecule is O=C(O)COC1=[C+]C=C(N2CCCC2=O)C=C1. The molecule has 2 rings (SSSR count). The quantitative estimate of drug-likeness (QED) is 0.732. The molecule has 1 amide bonds. The number of hydrogen-bond donors (Lipinski definition) is 1. The van der Waals surface area contributed by atoms with E-state index in [1.54, 1.807) is 23.1 Å². The van der Waals surface area contributed by atoms with Gasteiger partial charge in [-0.3, -0.25) is 9.69 Å². The second-order valence-corrected chi connectivity index (χ2v) is 3.74. The largest absolute Gasteiger partial charge is 0.479 e. The molecule has 5 heteroatoms. The van der Waals surface area contributed by atoms with Crippen LogP contribution in [0.4, 0.5) is 0 Å². The van der Waals surface area contributed by atoms with Crippen molar-refractivity contribution in [2.75, 3.05) is 13.2 Å². The molecule has 0 atom stereocenters. The number of carbonyl (C=O) groups is 2. The van der Waals surface area contributed by atoms with E-state index in [1.807, 2.05) is 0 Å².